The minimum atomic E-state index is -0.689. The maximum absolute atomic E-state index is 12.8. The van der Waals surface area contributed by atoms with E-state index in [4.69, 9.17) is 16.3 Å². The molecule has 0 aliphatic carbocycles. The molecule has 0 radical (unpaired) electrons. The number of aromatic nitrogens is 1. The van der Waals surface area contributed by atoms with Crippen molar-refractivity contribution in [3.8, 4) is 11.6 Å². The highest BCUT2D eigenvalue weighted by Gasteiger charge is 2.11. The van der Waals surface area contributed by atoms with Gasteiger partial charge < -0.3 is 4.74 Å². The van der Waals surface area contributed by atoms with E-state index in [1.54, 1.807) is 0 Å². The smallest absolute Gasteiger partial charge is 0.271 e. The number of hydrogen-bond acceptors (Lipinski definition) is 4. The lowest BCUT2D eigenvalue weighted by atomic mass is 10.3. The number of rotatable bonds is 3. The number of ether oxygens (including phenoxy) is 1. The first-order chi connectivity index (χ1) is 8.56. The molecule has 0 saturated carbocycles. The number of nitro benzene ring substituents is 1. The molecule has 2 rings (SSSR count). The number of halogens is 2. The van der Waals surface area contributed by atoms with E-state index in [1.165, 1.54) is 30.3 Å². The fraction of sp³-hybridized carbons (Fsp3) is 0. The zero-order chi connectivity index (χ0) is 13.1. The van der Waals surface area contributed by atoms with E-state index in [9.17, 15) is 14.5 Å². The molecule has 0 N–H and O–H groups in total. The van der Waals surface area contributed by atoms with Crippen LogP contribution in [0.3, 0.4) is 0 Å². The first-order valence-electron chi connectivity index (χ1n) is 4.80. The van der Waals surface area contributed by atoms with Crippen LogP contribution in [-0.2, 0) is 0 Å². The van der Waals surface area contributed by atoms with E-state index in [0.29, 0.717) is 0 Å². The average Bonchev–Trinajstić information content (AvgIpc) is 2.31. The van der Waals surface area contributed by atoms with Crippen LogP contribution in [0.4, 0.5) is 10.1 Å². The summed E-state index contributed by atoms with van der Waals surface area (Å²) in [6, 6.07) is 7.76. The van der Waals surface area contributed by atoms with E-state index < -0.39 is 10.9 Å². The molecule has 0 saturated heterocycles. The van der Waals surface area contributed by atoms with Crippen molar-refractivity contribution in [1.29, 1.82) is 0 Å². The average molecular weight is 269 g/mol. The van der Waals surface area contributed by atoms with Gasteiger partial charge in [-0.2, -0.15) is 9.37 Å². The topological polar surface area (TPSA) is 65.3 Å². The standard InChI is InChI=1S/C11H6ClFN2O3/c12-8-6-7(15(16)17)4-5-9(8)18-11-3-1-2-10(13)14-11/h1-6H. The molecule has 0 amide bonds. The predicted molar refractivity (Wildman–Crippen MR) is 62.4 cm³/mol. The second-order valence-electron chi connectivity index (χ2n) is 3.27. The van der Waals surface area contributed by atoms with Crippen LogP contribution < -0.4 is 4.74 Å². The summed E-state index contributed by atoms with van der Waals surface area (Å²) in [6.07, 6.45) is 0. The van der Waals surface area contributed by atoms with Crippen molar-refractivity contribution < 1.29 is 14.1 Å². The summed E-state index contributed by atoms with van der Waals surface area (Å²) < 4.78 is 18.0. The number of non-ortho nitro benzene ring substituents is 1. The molecular formula is C11H6ClFN2O3. The molecule has 92 valence electrons. The Bertz CT molecular complexity index is 607. The summed E-state index contributed by atoms with van der Waals surface area (Å²) in [6.45, 7) is 0. The summed E-state index contributed by atoms with van der Waals surface area (Å²) >= 11 is 5.81. The van der Waals surface area contributed by atoms with Gasteiger partial charge in [-0.25, -0.2) is 0 Å². The largest absolute Gasteiger partial charge is 0.437 e. The molecule has 0 aliphatic heterocycles. The highest BCUT2D eigenvalue weighted by molar-refractivity contribution is 6.32. The maximum atomic E-state index is 12.8. The number of nitro groups is 1. The number of benzene rings is 1. The molecule has 5 nitrogen and oxygen atoms in total. The highest BCUT2D eigenvalue weighted by atomic mass is 35.5. The van der Waals surface area contributed by atoms with Crippen LogP contribution in [0.1, 0.15) is 0 Å². The Morgan fingerprint density at radius 3 is 2.72 bits per heavy atom. The molecular weight excluding hydrogens is 263 g/mol. The second kappa shape index (κ2) is 4.97. The van der Waals surface area contributed by atoms with E-state index >= 15 is 0 Å². The van der Waals surface area contributed by atoms with Crippen molar-refractivity contribution in [2.75, 3.05) is 0 Å². The Morgan fingerprint density at radius 1 is 1.33 bits per heavy atom. The van der Waals surface area contributed by atoms with Gasteiger partial charge >= 0.3 is 0 Å². The Morgan fingerprint density at radius 2 is 2.11 bits per heavy atom. The van der Waals surface area contributed by atoms with Crippen molar-refractivity contribution in [2.24, 2.45) is 0 Å². The molecule has 7 heteroatoms. The van der Waals surface area contributed by atoms with Gasteiger partial charge in [0.1, 0.15) is 5.75 Å². The summed E-state index contributed by atoms with van der Waals surface area (Å²) in [7, 11) is 0. The molecule has 1 heterocycles. The van der Waals surface area contributed by atoms with Crippen molar-refractivity contribution in [3.05, 3.63) is 57.5 Å². The van der Waals surface area contributed by atoms with Crippen LogP contribution in [0.15, 0.2) is 36.4 Å². The Labute approximate surface area is 106 Å². The minimum absolute atomic E-state index is 0.0192. The molecule has 18 heavy (non-hydrogen) atoms. The molecule has 1 aromatic heterocycles. The minimum Gasteiger partial charge on any atom is -0.437 e. The third kappa shape index (κ3) is 2.72. The lowest BCUT2D eigenvalue weighted by molar-refractivity contribution is -0.384. The van der Waals surface area contributed by atoms with E-state index in [0.717, 1.165) is 6.07 Å². The summed E-state index contributed by atoms with van der Waals surface area (Å²) in [4.78, 5) is 13.4. The number of pyridine rings is 1. The van der Waals surface area contributed by atoms with Gasteiger partial charge in [0.25, 0.3) is 5.69 Å². The van der Waals surface area contributed by atoms with Gasteiger partial charge in [0.2, 0.25) is 11.8 Å². The van der Waals surface area contributed by atoms with Gasteiger partial charge in [-0.1, -0.05) is 17.7 Å². The van der Waals surface area contributed by atoms with Gasteiger partial charge in [-0.05, 0) is 12.1 Å². The van der Waals surface area contributed by atoms with Gasteiger partial charge in [-0.3, -0.25) is 10.1 Å². The van der Waals surface area contributed by atoms with Crippen LogP contribution >= 0.6 is 11.6 Å². The summed E-state index contributed by atoms with van der Waals surface area (Å²) in [5.41, 5.74) is -0.153. The SMILES string of the molecule is O=[N+]([O-])c1ccc(Oc2cccc(F)n2)c(Cl)c1. The van der Waals surface area contributed by atoms with Crippen molar-refractivity contribution in [3.63, 3.8) is 0 Å². The quantitative estimate of drug-likeness (QED) is 0.485. The Hall–Kier alpha value is -2.21. The summed E-state index contributed by atoms with van der Waals surface area (Å²) in [5.74, 6) is -0.503. The Kier molecular flexibility index (Phi) is 3.38. The second-order valence-corrected chi connectivity index (χ2v) is 3.68. The first-order valence-corrected chi connectivity index (χ1v) is 5.18. The van der Waals surface area contributed by atoms with Crippen LogP contribution in [0, 0.1) is 16.1 Å². The normalized spacial score (nSPS) is 10.1. The molecule has 0 bridgehead atoms. The molecule has 0 unspecified atom stereocenters. The van der Waals surface area contributed by atoms with E-state index in [-0.39, 0.29) is 22.3 Å². The molecule has 0 aliphatic rings. The zero-order valence-corrected chi connectivity index (χ0v) is 9.60. The van der Waals surface area contributed by atoms with Gasteiger partial charge in [0.15, 0.2) is 0 Å². The summed E-state index contributed by atoms with van der Waals surface area (Å²) in [5, 5.41) is 10.6. The van der Waals surface area contributed by atoms with Crippen LogP contribution in [-0.4, -0.2) is 9.91 Å². The van der Waals surface area contributed by atoms with Crippen LogP contribution in [0.2, 0.25) is 5.02 Å². The zero-order valence-electron chi connectivity index (χ0n) is 8.84. The molecule has 0 spiro atoms. The van der Waals surface area contributed by atoms with Crippen LogP contribution in [0.25, 0.3) is 0 Å². The van der Waals surface area contributed by atoms with Gasteiger partial charge in [0.05, 0.1) is 9.95 Å². The third-order valence-electron chi connectivity index (χ3n) is 2.03. The fourth-order valence-corrected chi connectivity index (χ4v) is 1.46. The highest BCUT2D eigenvalue weighted by Crippen LogP contribution is 2.31. The third-order valence-corrected chi connectivity index (χ3v) is 2.33. The molecule has 0 fully saturated rings. The van der Waals surface area contributed by atoms with Gasteiger partial charge in [-0.15, -0.1) is 0 Å². The lowest BCUT2D eigenvalue weighted by Gasteiger charge is -2.05. The van der Waals surface area contributed by atoms with Crippen LogP contribution in [0.5, 0.6) is 11.6 Å². The molecule has 2 aromatic rings. The number of nitrogens with zero attached hydrogens (tertiary/aromatic N) is 2. The predicted octanol–water partition coefficient (Wildman–Crippen LogP) is 3.57. The number of hydrogen-bond donors (Lipinski definition) is 0. The van der Waals surface area contributed by atoms with E-state index in [2.05, 4.69) is 4.98 Å². The van der Waals surface area contributed by atoms with Gasteiger partial charge in [0, 0.05) is 18.2 Å². The van der Waals surface area contributed by atoms with Crippen molar-refractivity contribution >= 4 is 17.3 Å². The molecule has 0 atom stereocenters. The fourth-order valence-electron chi connectivity index (χ4n) is 1.25. The lowest BCUT2D eigenvalue weighted by Crippen LogP contribution is -1.92. The molecule has 1 aromatic carbocycles. The van der Waals surface area contributed by atoms with E-state index in [1.807, 2.05) is 0 Å². The van der Waals surface area contributed by atoms with Crippen molar-refractivity contribution in [1.82, 2.24) is 4.98 Å². The first kappa shape index (κ1) is 12.3. The maximum Gasteiger partial charge on any atom is 0.271 e. The van der Waals surface area contributed by atoms with Crippen molar-refractivity contribution in [2.45, 2.75) is 0 Å². The Balaban J connectivity index is 2.27. The monoisotopic (exact) mass is 268 g/mol.